The second-order valence-electron chi connectivity index (χ2n) is 6.74. The van der Waals surface area contributed by atoms with Crippen LogP contribution in [-0.4, -0.2) is 37.5 Å². The number of likely N-dealkylation sites (tertiary alicyclic amines) is 1. The van der Waals surface area contributed by atoms with Crippen LogP contribution in [0.15, 0.2) is 18.2 Å². The van der Waals surface area contributed by atoms with Crippen LogP contribution in [0.25, 0.3) is 0 Å². The third-order valence-electron chi connectivity index (χ3n) is 5.21. The van der Waals surface area contributed by atoms with Gasteiger partial charge in [0, 0.05) is 35.5 Å². The van der Waals surface area contributed by atoms with Gasteiger partial charge in [-0.05, 0) is 57.3 Å². The molecule has 23 heavy (non-hydrogen) atoms. The fourth-order valence-corrected chi connectivity index (χ4v) is 3.98. The molecule has 1 aromatic rings. The van der Waals surface area contributed by atoms with Crippen molar-refractivity contribution < 1.29 is 9.18 Å². The minimum atomic E-state index is -0.288. The van der Waals surface area contributed by atoms with Crippen molar-refractivity contribution in [1.29, 1.82) is 0 Å². The van der Waals surface area contributed by atoms with Gasteiger partial charge in [0.25, 0.3) is 0 Å². The van der Waals surface area contributed by atoms with E-state index < -0.39 is 0 Å². The zero-order valence-corrected chi connectivity index (χ0v) is 14.3. The average molecular weight is 339 g/mol. The van der Waals surface area contributed by atoms with Crippen LogP contribution < -0.4 is 5.32 Å². The van der Waals surface area contributed by atoms with E-state index in [1.54, 1.807) is 12.1 Å². The van der Waals surface area contributed by atoms with E-state index in [2.05, 4.69) is 5.32 Å². The number of hydrogen-bond donors (Lipinski definition) is 1. The molecular weight excluding hydrogens is 315 g/mol. The van der Waals surface area contributed by atoms with Crippen LogP contribution in [0.3, 0.4) is 0 Å². The van der Waals surface area contributed by atoms with Gasteiger partial charge >= 0.3 is 0 Å². The molecule has 1 aromatic carbocycles. The maximum absolute atomic E-state index is 14.0. The highest BCUT2D eigenvalue weighted by molar-refractivity contribution is 6.31. The third kappa shape index (κ3) is 3.69. The topological polar surface area (TPSA) is 32.3 Å². The molecule has 5 heteroatoms. The van der Waals surface area contributed by atoms with Gasteiger partial charge in [-0.25, -0.2) is 4.39 Å². The first-order valence-corrected chi connectivity index (χ1v) is 8.87. The van der Waals surface area contributed by atoms with Crippen LogP contribution in [-0.2, 0) is 4.79 Å². The fourth-order valence-electron chi connectivity index (χ4n) is 3.68. The molecule has 1 saturated heterocycles. The zero-order chi connectivity index (χ0) is 16.4. The van der Waals surface area contributed by atoms with Crippen molar-refractivity contribution in [2.75, 3.05) is 26.7 Å². The number of carbonyl (C=O) groups excluding carboxylic acids is 1. The minimum Gasteiger partial charge on any atom is -0.342 e. The van der Waals surface area contributed by atoms with Gasteiger partial charge in [-0.2, -0.15) is 0 Å². The molecule has 126 valence electrons. The van der Waals surface area contributed by atoms with Crippen LogP contribution in [0.1, 0.15) is 37.2 Å². The quantitative estimate of drug-likeness (QED) is 0.892. The molecule has 2 atom stereocenters. The van der Waals surface area contributed by atoms with Crippen molar-refractivity contribution in [2.24, 2.45) is 11.8 Å². The normalized spacial score (nSPS) is 24.7. The molecule has 0 radical (unpaired) electrons. The lowest BCUT2D eigenvalue weighted by Gasteiger charge is -2.32. The zero-order valence-electron chi connectivity index (χ0n) is 13.5. The lowest BCUT2D eigenvalue weighted by Crippen LogP contribution is -2.40. The third-order valence-corrected chi connectivity index (χ3v) is 5.54. The van der Waals surface area contributed by atoms with Crippen molar-refractivity contribution in [3.63, 3.8) is 0 Å². The van der Waals surface area contributed by atoms with Crippen LogP contribution in [0.2, 0.25) is 5.02 Å². The maximum Gasteiger partial charge on any atom is 0.226 e. The largest absolute Gasteiger partial charge is 0.342 e. The Kier molecular flexibility index (Phi) is 5.22. The molecule has 2 fully saturated rings. The first kappa shape index (κ1) is 16.7. The number of rotatable bonds is 5. The van der Waals surface area contributed by atoms with E-state index >= 15 is 0 Å². The highest BCUT2D eigenvalue weighted by Crippen LogP contribution is 2.51. The number of carbonyl (C=O) groups is 1. The Balaban J connectivity index is 1.55. The molecule has 1 heterocycles. The van der Waals surface area contributed by atoms with Crippen molar-refractivity contribution in [3.8, 4) is 0 Å². The summed E-state index contributed by atoms with van der Waals surface area (Å²) >= 11 is 6.12. The predicted octanol–water partition coefficient (Wildman–Crippen LogP) is 3.43. The summed E-state index contributed by atoms with van der Waals surface area (Å²) in [4.78, 5) is 14.6. The number of piperidine rings is 1. The van der Waals surface area contributed by atoms with E-state index in [4.69, 9.17) is 11.6 Å². The Morgan fingerprint density at radius 1 is 1.39 bits per heavy atom. The highest BCUT2D eigenvalue weighted by Gasteiger charge is 2.48. The maximum atomic E-state index is 14.0. The molecule has 0 bridgehead atoms. The Morgan fingerprint density at radius 2 is 2.13 bits per heavy atom. The van der Waals surface area contributed by atoms with Gasteiger partial charge in [0.05, 0.1) is 0 Å². The van der Waals surface area contributed by atoms with Gasteiger partial charge in [-0.3, -0.25) is 4.79 Å². The summed E-state index contributed by atoms with van der Waals surface area (Å²) < 4.78 is 14.0. The van der Waals surface area contributed by atoms with Crippen LogP contribution in [0, 0.1) is 17.7 Å². The van der Waals surface area contributed by atoms with Crippen molar-refractivity contribution in [3.05, 3.63) is 34.6 Å². The van der Waals surface area contributed by atoms with Gasteiger partial charge in [-0.15, -0.1) is 0 Å². The molecule has 1 saturated carbocycles. The first-order chi connectivity index (χ1) is 11.1. The van der Waals surface area contributed by atoms with Gasteiger partial charge in [0.2, 0.25) is 5.91 Å². The Morgan fingerprint density at radius 3 is 2.78 bits per heavy atom. The molecule has 2 aliphatic rings. The lowest BCUT2D eigenvalue weighted by atomic mass is 9.93. The summed E-state index contributed by atoms with van der Waals surface area (Å²) in [6, 6.07) is 4.73. The number of nitrogens with one attached hydrogen (secondary N) is 1. The lowest BCUT2D eigenvalue weighted by molar-refractivity contribution is -0.134. The van der Waals surface area contributed by atoms with Crippen molar-refractivity contribution in [2.45, 2.75) is 31.6 Å². The number of amides is 1. The monoisotopic (exact) mass is 338 g/mol. The number of benzene rings is 1. The highest BCUT2D eigenvalue weighted by atomic mass is 35.5. The molecule has 1 aliphatic carbocycles. The number of hydrogen-bond acceptors (Lipinski definition) is 2. The predicted molar refractivity (Wildman–Crippen MR) is 90.1 cm³/mol. The fraction of sp³-hybridized carbons (Fsp3) is 0.611. The molecule has 3 rings (SSSR count). The van der Waals surface area contributed by atoms with Gasteiger partial charge in [0.1, 0.15) is 5.82 Å². The van der Waals surface area contributed by atoms with E-state index in [9.17, 15) is 9.18 Å². The summed E-state index contributed by atoms with van der Waals surface area (Å²) in [5.74, 6) is 0.476. The molecule has 2 unspecified atom stereocenters. The second-order valence-corrected chi connectivity index (χ2v) is 7.15. The molecule has 3 nitrogen and oxygen atoms in total. The van der Waals surface area contributed by atoms with Gasteiger partial charge < -0.3 is 10.2 Å². The average Bonchev–Trinajstić information content (AvgIpc) is 3.33. The van der Waals surface area contributed by atoms with Crippen LogP contribution >= 0.6 is 11.6 Å². The van der Waals surface area contributed by atoms with Crippen LogP contribution in [0.4, 0.5) is 4.39 Å². The number of halogens is 2. The Labute approximate surface area is 142 Å². The molecule has 0 aromatic heterocycles. The van der Waals surface area contributed by atoms with E-state index in [1.807, 2.05) is 11.9 Å². The van der Waals surface area contributed by atoms with E-state index in [1.165, 1.54) is 12.5 Å². The Bertz CT molecular complexity index is 552. The minimum absolute atomic E-state index is 0.0433. The SMILES string of the molecule is CNCCC1CCN(C(=O)C2CC2c2c(F)cccc2Cl)CC1. The first-order valence-electron chi connectivity index (χ1n) is 8.49. The Hall–Kier alpha value is -1.13. The molecule has 1 amide bonds. The summed E-state index contributed by atoms with van der Waals surface area (Å²) in [7, 11) is 1.97. The summed E-state index contributed by atoms with van der Waals surface area (Å²) in [6.45, 7) is 2.71. The molecule has 0 spiro atoms. The van der Waals surface area contributed by atoms with Crippen LogP contribution in [0.5, 0.6) is 0 Å². The molecular formula is C18H24ClFN2O. The number of nitrogens with zero attached hydrogens (tertiary/aromatic N) is 1. The van der Waals surface area contributed by atoms with Gasteiger partial charge in [0.15, 0.2) is 0 Å². The van der Waals surface area contributed by atoms with E-state index in [-0.39, 0.29) is 23.6 Å². The van der Waals surface area contributed by atoms with E-state index in [0.29, 0.717) is 16.5 Å². The molecule has 1 aliphatic heterocycles. The van der Waals surface area contributed by atoms with Gasteiger partial charge in [-0.1, -0.05) is 17.7 Å². The van der Waals surface area contributed by atoms with Crippen molar-refractivity contribution >= 4 is 17.5 Å². The summed E-state index contributed by atoms with van der Waals surface area (Å²) in [5.41, 5.74) is 0.524. The smallest absolute Gasteiger partial charge is 0.226 e. The standard InChI is InChI=1S/C18H24ClFN2O/c1-21-8-5-12-6-9-22(10-7-12)18(23)14-11-13(14)17-15(19)3-2-4-16(17)20/h2-4,12-14,21H,5-11H2,1H3. The second kappa shape index (κ2) is 7.18. The van der Waals surface area contributed by atoms with Crippen molar-refractivity contribution in [1.82, 2.24) is 10.2 Å². The van der Waals surface area contributed by atoms with E-state index in [0.717, 1.165) is 38.9 Å². The molecule has 1 N–H and O–H groups in total. The summed E-state index contributed by atoms with van der Waals surface area (Å²) in [5, 5.41) is 3.62. The summed E-state index contributed by atoms with van der Waals surface area (Å²) in [6.07, 6.45) is 4.05.